The van der Waals surface area contributed by atoms with Crippen molar-refractivity contribution >= 4 is 33.7 Å². The van der Waals surface area contributed by atoms with Crippen LogP contribution in [0.1, 0.15) is 5.69 Å². The molecule has 0 aliphatic rings. The van der Waals surface area contributed by atoms with Crippen LogP contribution in [0.5, 0.6) is 0 Å². The summed E-state index contributed by atoms with van der Waals surface area (Å²) in [5.74, 6) is -2.51. The fourth-order valence-electron chi connectivity index (χ4n) is 2.85. The molecule has 3 aromatic rings. The van der Waals surface area contributed by atoms with E-state index in [1.165, 1.54) is 21.8 Å². The molecule has 0 radical (unpaired) electrons. The summed E-state index contributed by atoms with van der Waals surface area (Å²) in [6, 6.07) is 10.7. The number of carbonyl (C=O) groups is 2. The number of carboxylic acids is 2. The van der Waals surface area contributed by atoms with Crippen LogP contribution in [-0.4, -0.2) is 57.2 Å². The predicted molar refractivity (Wildman–Crippen MR) is 105 cm³/mol. The van der Waals surface area contributed by atoms with Crippen LogP contribution in [-0.2, 0) is 16.1 Å². The molecule has 0 atom stereocenters. The summed E-state index contributed by atoms with van der Waals surface area (Å²) < 4.78 is 2.40. The van der Waals surface area contributed by atoms with E-state index in [0.717, 1.165) is 18.8 Å². The topological polar surface area (TPSA) is 95.7 Å². The third-order valence-electron chi connectivity index (χ3n) is 4.00. The van der Waals surface area contributed by atoms with Crippen LogP contribution < -0.4 is 0 Å². The summed E-state index contributed by atoms with van der Waals surface area (Å²) in [6.45, 7) is 4.11. The number of aromatic nitrogens is 2. The lowest BCUT2D eigenvalue weighted by Gasteiger charge is -2.13. The number of aryl methyl sites for hydroxylation is 1. The highest BCUT2D eigenvalue weighted by molar-refractivity contribution is 6.08. The molecule has 27 heavy (non-hydrogen) atoms. The highest BCUT2D eigenvalue weighted by atomic mass is 16.4. The van der Waals surface area contributed by atoms with Crippen LogP contribution >= 0.6 is 0 Å². The zero-order valence-corrected chi connectivity index (χ0v) is 15.6. The van der Waals surface area contributed by atoms with Gasteiger partial charge in [-0.2, -0.15) is 0 Å². The molecule has 0 fully saturated rings. The number of nitrogens with zero attached hydrogens (tertiary/aromatic N) is 3. The minimum absolute atomic E-state index is 0.558. The summed E-state index contributed by atoms with van der Waals surface area (Å²) in [6.07, 6.45) is 3.02. The molecule has 0 aliphatic carbocycles. The summed E-state index contributed by atoms with van der Waals surface area (Å²) in [4.78, 5) is 25.8. The lowest BCUT2D eigenvalue weighted by molar-refractivity contribution is -0.134. The number of hydrogen-bond donors (Lipinski definition) is 2. The summed E-state index contributed by atoms with van der Waals surface area (Å²) in [5.41, 5.74) is 3.67. The van der Waals surface area contributed by atoms with E-state index in [9.17, 15) is 9.59 Å². The molecule has 2 aromatic heterocycles. The van der Waals surface area contributed by atoms with Gasteiger partial charge >= 0.3 is 11.9 Å². The fraction of sp³-hybridized carbons (Fsp3) is 0.250. The Kier molecular flexibility index (Phi) is 6.67. The average molecular weight is 369 g/mol. The number of carboxylic acid groups (broad SMARTS) is 2. The number of hydrogen-bond acceptors (Lipinski definition) is 4. The second kappa shape index (κ2) is 8.95. The average Bonchev–Trinajstić information content (AvgIpc) is 2.94. The molecule has 0 unspecified atom stereocenters. The summed E-state index contributed by atoms with van der Waals surface area (Å²) in [5, 5.41) is 18.3. The number of likely N-dealkylation sites (N-methyl/N-ethyl adjacent to an activating group) is 1. The monoisotopic (exact) mass is 369 g/mol. The van der Waals surface area contributed by atoms with Gasteiger partial charge in [-0.3, -0.25) is 4.98 Å². The molecule has 142 valence electrons. The van der Waals surface area contributed by atoms with Gasteiger partial charge in [0.15, 0.2) is 0 Å². The van der Waals surface area contributed by atoms with Crippen molar-refractivity contribution in [2.24, 2.45) is 0 Å². The van der Waals surface area contributed by atoms with Gasteiger partial charge in [0.2, 0.25) is 0 Å². The smallest absolute Gasteiger partial charge is 0.328 e. The number of pyridine rings is 1. The maximum Gasteiger partial charge on any atom is 0.328 e. The molecule has 2 N–H and O–H groups in total. The van der Waals surface area contributed by atoms with Gasteiger partial charge in [-0.05, 0) is 33.2 Å². The molecule has 7 nitrogen and oxygen atoms in total. The van der Waals surface area contributed by atoms with Crippen molar-refractivity contribution in [3.8, 4) is 0 Å². The van der Waals surface area contributed by atoms with E-state index >= 15 is 0 Å². The van der Waals surface area contributed by atoms with Gasteiger partial charge in [-0.1, -0.05) is 18.2 Å². The Morgan fingerprint density at radius 2 is 1.70 bits per heavy atom. The Hall–Kier alpha value is -3.19. The maximum absolute atomic E-state index is 9.55. The number of benzene rings is 1. The van der Waals surface area contributed by atoms with Crippen molar-refractivity contribution in [2.45, 2.75) is 13.5 Å². The number of aliphatic carboxylic acids is 2. The van der Waals surface area contributed by atoms with Crippen LogP contribution in [0.3, 0.4) is 0 Å². The van der Waals surface area contributed by atoms with Gasteiger partial charge in [-0.25, -0.2) is 9.59 Å². The minimum Gasteiger partial charge on any atom is -0.478 e. The highest BCUT2D eigenvalue weighted by Gasteiger charge is 2.12. The molecule has 0 saturated heterocycles. The Balaban J connectivity index is 0.000000279. The SMILES string of the molecule is Cc1nccc2c3ccccc3n(CCN(C)C)c12.O=C(O)/C=C/C(=O)O. The molecular formula is C20H23N3O4. The van der Waals surface area contributed by atoms with Crippen LogP contribution in [0, 0.1) is 6.92 Å². The van der Waals surface area contributed by atoms with E-state index in [4.69, 9.17) is 10.2 Å². The lowest BCUT2D eigenvalue weighted by atomic mass is 10.2. The third-order valence-corrected chi connectivity index (χ3v) is 4.00. The van der Waals surface area contributed by atoms with Crippen LogP contribution in [0.4, 0.5) is 0 Å². The van der Waals surface area contributed by atoms with Crippen LogP contribution in [0.15, 0.2) is 48.7 Å². The van der Waals surface area contributed by atoms with E-state index in [2.05, 4.69) is 65.8 Å². The van der Waals surface area contributed by atoms with Gasteiger partial charge in [0.25, 0.3) is 0 Å². The maximum atomic E-state index is 9.55. The van der Waals surface area contributed by atoms with Gasteiger partial charge < -0.3 is 19.7 Å². The molecule has 0 aliphatic heterocycles. The van der Waals surface area contributed by atoms with E-state index in [0.29, 0.717) is 12.2 Å². The highest BCUT2D eigenvalue weighted by Crippen LogP contribution is 2.29. The standard InChI is InChI=1S/C16H19N3.C4H4O4/c1-12-16-14(8-9-17-12)13-6-4-5-7-15(13)19(16)11-10-18(2)3;5-3(6)1-2-4(7)8/h4-9H,10-11H2,1-3H3;1-2H,(H,5,6)(H,7,8)/b;2-1+. The summed E-state index contributed by atoms with van der Waals surface area (Å²) >= 11 is 0. The normalized spacial score (nSPS) is 11.1. The number of fused-ring (bicyclic) bond motifs is 3. The zero-order chi connectivity index (χ0) is 20.0. The van der Waals surface area contributed by atoms with Crippen molar-refractivity contribution in [3.05, 3.63) is 54.4 Å². The van der Waals surface area contributed by atoms with Crippen molar-refractivity contribution in [1.29, 1.82) is 0 Å². The van der Waals surface area contributed by atoms with E-state index in [1.54, 1.807) is 0 Å². The first kappa shape index (κ1) is 20.1. The van der Waals surface area contributed by atoms with Crippen molar-refractivity contribution in [1.82, 2.24) is 14.5 Å². The summed E-state index contributed by atoms with van der Waals surface area (Å²) in [7, 11) is 4.22. The molecule has 0 spiro atoms. The van der Waals surface area contributed by atoms with Gasteiger partial charge in [0.05, 0.1) is 11.2 Å². The second-order valence-corrected chi connectivity index (χ2v) is 6.27. The molecule has 0 amide bonds. The number of para-hydroxylation sites is 1. The predicted octanol–water partition coefficient (Wildman–Crippen LogP) is 2.77. The largest absolute Gasteiger partial charge is 0.478 e. The Labute approximate surface area is 157 Å². The number of rotatable bonds is 5. The fourth-order valence-corrected chi connectivity index (χ4v) is 2.85. The van der Waals surface area contributed by atoms with Crippen LogP contribution in [0.25, 0.3) is 21.8 Å². The van der Waals surface area contributed by atoms with E-state index in [1.807, 2.05) is 6.20 Å². The zero-order valence-electron chi connectivity index (χ0n) is 15.6. The third kappa shape index (κ3) is 5.15. The van der Waals surface area contributed by atoms with Gasteiger partial charge in [0, 0.05) is 47.7 Å². The molecule has 0 saturated carbocycles. The van der Waals surface area contributed by atoms with E-state index in [-0.39, 0.29) is 0 Å². The Morgan fingerprint density at radius 3 is 2.30 bits per heavy atom. The molecule has 1 aromatic carbocycles. The minimum atomic E-state index is -1.26. The lowest BCUT2D eigenvalue weighted by Crippen LogP contribution is -2.18. The Morgan fingerprint density at radius 1 is 1.07 bits per heavy atom. The molecule has 0 bridgehead atoms. The first-order valence-electron chi connectivity index (χ1n) is 8.42. The first-order chi connectivity index (χ1) is 12.8. The molecular weight excluding hydrogens is 346 g/mol. The van der Waals surface area contributed by atoms with Gasteiger partial charge in [-0.15, -0.1) is 0 Å². The second-order valence-electron chi connectivity index (χ2n) is 6.27. The van der Waals surface area contributed by atoms with Gasteiger partial charge in [0.1, 0.15) is 0 Å². The van der Waals surface area contributed by atoms with E-state index < -0.39 is 11.9 Å². The van der Waals surface area contributed by atoms with Crippen molar-refractivity contribution in [3.63, 3.8) is 0 Å². The first-order valence-corrected chi connectivity index (χ1v) is 8.42. The quantitative estimate of drug-likeness (QED) is 0.672. The Bertz CT molecular complexity index is 973. The van der Waals surface area contributed by atoms with Crippen LogP contribution in [0.2, 0.25) is 0 Å². The molecule has 7 heteroatoms. The van der Waals surface area contributed by atoms with Crippen molar-refractivity contribution < 1.29 is 19.8 Å². The molecule has 3 rings (SSSR count). The van der Waals surface area contributed by atoms with Crippen molar-refractivity contribution in [2.75, 3.05) is 20.6 Å². The molecule has 2 heterocycles.